The average molecular weight is 302 g/mol. The van der Waals surface area contributed by atoms with Gasteiger partial charge in [0.05, 0.1) is 13.2 Å². The minimum atomic E-state index is -0.979. The smallest absolute Gasteiger partial charge is 0.114 e. The predicted octanol–water partition coefficient (Wildman–Crippen LogP) is 1.40. The summed E-state index contributed by atoms with van der Waals surface area (Å²) in [5, 5.41) is 28.5. The lowest BCUT2D eigenvalue weighted by Crippen LogP contribution is -2.42. The molecule has 0 amide bonds. The molecule has 0 aromatic carbocycles. The van der Waals surface area contributed by atoms with Gasteiger partial charge in [-0.3, -0.25) is 0 Å². The Labute approximate surface area is 127 Å². The van der Waals surface area contributed by atoms with Gasteiger partial charge in [0, 0.05) is 6.61 Å². The van der Waals surface area contributed by atoms with E-state index in [0.717, 1.165) is 25.7 Å². The molecule has 0 saturated carbocycles. The maximum Gasteiger partial charge on any atom is 0.114 e. The highest BCUT2D eigenvalue weighted by molar-refractivity contribution is 4.88. The Morgan fingerprint density at radius 2 is 1.95 bits per heavy atom. The number of unbranched alkanes of at least 4 members (excludes halogenated alkanes) is 4. The van der Waals surface area contributed by atoms with Crippen LogP contribution in [0.5, 0.6) is 0 Å². The topological polar surface area (TPSA) is 79.2 Å². The predicted molar refractivity (Wildman–Crippen MR) is 81.1 cm³/mol. The van der Waals surface area contributed by atoms with Crippen molar-refractivity contribution in [1.29, 1.82) is 0 Å². The van der Waals surface area contributed by atoms with Gasteiger partial charge in [0.2, 0.25) is 0 Å². The van der Waals surface area contributed by atoms with Gasteiger partial charge in [0.15, 0.2) is 0 Å². The molecule has 5 heteroatoms. The lowest BCUT2D eigenvalue weighted by atomic mass is 10.1. The van der Waals surface area contributed by atoms with Gasteiger partial charge < -0.3 is 24.8 Å². The van der Waals surface area contributed by atoms with Crippen LogP contribution >= 0.6 is 0 Å². The summed E-state index contributed by atoms with van der Waals surface area (Å²) in [5.41, 5.74) is 0. The lowest BCUT2D eigenvalue weighted by molar-refractivity contribution is -0.101. The third kappa shape index (κ3) is 6.89. The summed E-state index contributed by atoms with van der Waals surface area (Å²) in [6, 6.07) is 0. The molecule has 124 valence electrons. The zero-order valence-electron chi connectivity index (χ0n) is 13.0. The second-order valence-corrected chi connectivity index (χ2v) is 5.53. The van der Waals surface area contributed by atoms with Crippen LogP contribution in [-0.2, 0) is 9.47 Å². The minimum Gasteiger partial charge on any atom is -0.394 e. The molecule has 0 spiro atoms. The normalized spacial score (nSPS) is 27.5. The summed E-state index contributed by atoms with van der Waals surface area (Å²) in [6.07, 6.45) is 7.96. The monoisotopic (exact) mass is 302 g/mol. The Morgan fingerprint density at radius 3 is 2.57 bits per heavy atom. The molecule has 0 bridgehead atoms. The fourth-order valence-electron chi connectivity index (χ4n) is 2.44. The standard InChI is InChI=1S/C16H30O5/c1-2-3-4-5-6-7-8-9-10-20-14(11-17)16-15(19)13(18)12-21-16/h3-4,13-19H,2,5-12H2,1H3/b4-3+/t13-,14+,15+,16+/m1/s1. The van der Waals surface area contributed by atoms with Crippen molar-refractivity contribution >= 4 is 0 Å². The van der Waals surface area contributed by atoms with Gasteiger partial charge in [-0.05, 0) is 25.7 Å². The molecule has 1 fully saturated rings. The molecule has 5 nitrogen and oxygen atoms in total. The van der Waals surface area contributed by atoms with E-state index in [1.54, 1.807) is 0 Å². The highest BCUT2D eigenvalue weighted by atomic mass is 16.6. The van der Waals surface area contributed by atoms with Crippen molar-refractivity contribution < 1.29 is 24.8 Å². The van der Waals surface area contributed by atoms with Crippen molar-refractivity contribution in [3.05, 3.63) is 12.2 Å². The first-order chi connectivity index (χ1) is 10.2. The summed E-state index contributed by atoms with van der Waals surface area (Å²) in [6.45, 7) is 2.56. The molecule has 0 aromatic rings. The van der Waals surface area contributed by atoms with Crippen LogP contribution in [0.2, 0.25) is 0 Å². The number of rotatable bonds is 11. The maximum absolute atomic E-state index is 9.73. The van der Waals surface area contributed by atoms with E-state index in [4.69, 9.17) is 9.47 Å². The van der Waals surface area contributed by atoms with Gasteiger partial charge in [-0.15, -0.1) is 0 Å². The Balaban J connectivity index is 2.06. The van der Waals surface area contributed by atoms with Crippen LogP contribution in [0.25, 0.3) is 0 Å². The molecule has 1 saturated heterocycles. The third-order valence-corrected chi connectivity index (χ3v) is 3.74. The number of hydrogen-bond acceptors (Lipinski definition) is 5. The Morgan fingerprint density at radius 1 is 1.19 bits per heavy atom. The van der Waals surface area contributed by atoms with E-state index >= 15 is 0 Å². The third-order valence-electron chi connectivity index (χ3n) is 3.74. The number of allylic oxidation sites excluding steroid dienone is 2. The molecule has 4 atom stereocenters. The van der Waals surface area contributed by atoms with Gasteiger partial charge in [-0.2, -0.15) is 0 Å². The molecular weight excluding hydrogens is 272 g/mol. The largest absolute Gasteiger partial charge is 0.394 e. The van der Waals surface area contributed by atoms with E-state index < -0.39 is 24.4 Å². The molecule has 1 heterocycles. The Bertz CT molecular complexity index is 282. The fourth-order valence-corrected chi connectivity index (χ4v) is 2.44. The van der Waals surface area contributed by atoms with Crippen molar-refractivity contribution in [2.75, 3.05) is 19.8 Å². The molecular formula is C16H30O5. The summed E-state index contributed by atoms with van der Waals surface area (Å²) < 4.78 is 10.8. The lowest BCUT2D eigenvalue weighted by Gasteiger charge is -2.24. The summed E-state index contributed by atoms with van der Waals surface area (Å²) in [4.78, 5) is 0. The Kier molecular flexibility index (Phi) is 9.87. The first-order valence-corrected chi connectivity index (χ1v) is 8.05. The second kappa shape index (κ2) is 11.2. The van der Waals surface area contributed by atoms with Gasteiger partial charge in [-0.1, -0.05) is 31.9 Å². The fraction of sp³-hybridized carbons (Fsp3) is 0.875. The quantitative estimate of drug-likeness (QED) is 0.397. The van der Waals surface area contributed by atoms with Gasteiger partial charge in [-0.25, -0.2) is 0 Å². The SMILES string of the molecule is CC/C=C/CCCCCCO[C@@H](CO)[C@@H]1OC[C@@H](O)[C@@H]1O. The van der Waals surface area contributed by atoms with E-state index in [9.17, 15) is 15.3 Å². The summed E-state index contributed by atoms with van der Waals surface area (Å²) in [7, 11) is 0. The second-order valence-electron chi connectivity index (χ2n) is 5.53. The molecule has 1 aliphatic heterocycles. The molecule has 0 radical (unpaired) electrons. The van der Waals surface area contributed by atoms with Gasteiger partial charge >= 0.3 is 0 Å². The van der Waals surface area contributed by atoms with E-state index in [2.05, 4.69) is 19.1 Å². The number of ether oxygens (including phenoxy) is 2. The molecule has 0 unspecified atom stereocenters. The zero-order chi connectivity index (χ0) is 15.5. The van der Waals surface area contributed by atoms with Crippen LogP contribution in [0.15, 0.2) is 12.2 Å². The van der Waals surface area contributed by atoms with Gasteiger partial charge in [0.1, 0.15) is 24.4 Å². The van der Waals surface area contributed by atoms with Crippen LogP contribution in [0.3, 0.4) is 0 Å². The van der Waals surface area contributed by atoms with Crippen LogP contribution in [0.1, 0.15) is 45.4 Å². The van der Waals surface area contributed by atoms with Crippen molar-refractivity contribution in [3.63, 3.8) is 0 Å². The van der Waals surface area contributed by atoms with Gasteiger partial charge in [0.25, 0.3) is 0 Å². The minimum absolute atomic E-state index is 0.0942. The number of aliphatic hydroxyl groups is 3. The number of aliphatic hydroxyl groups excluding tert-OH is 3. The van der Waals surface area contributed by atoms with Crippen molar-refractivity contribution in [1.82, 2.24) is 0 Å². The van der Waals surface area contributed by atoms with Crippen LogP contribution in [0, 0.1) is 0 Å². The van der Waals surface area contributed by atoms with Crippen molar-refractivity contribution in [2.24, 2.45) is 0 Å². The molecule has 0 aromatic heterocycles. The van der Waals surface area contributed by atoms with Crippen LogP contribution in [0.4, 0.5) is 0 Å². The number of hydrogen-bond donors (Lipinski definition) is 3. The Hall–Kier alpha value is -0.460. The van der Waals surface area contributed by atoms with Crippen LogP contribution in [-0.4, -0.2) is 59.6 Å². The van der Waals surface area contributed by atoms with E-state index in [1.165, 1.54) is 12.8 Å². The molecule has 1 aliphatic rings. The maximum atomic E-state index is 9.73. The van der Waals surface area contributed by atoms with Crippen LogP contribution < -0.4 is 0 Å². The average Bonchev–Trinajstić information content (AvgIpc) is 2.82. The summed E-state index contributed by atoms with van der Waals surface area (Å²) >= 11 is 0. The first kappa shape index (κ1) is 18.6. The van der Waals surface area contributed by atoms with E-state index in [0.29, 0.717) is 6.61 Å². The first-order valence-electron chi connectivity index (χ1n) is 8.05. The molecule has 3 N–H and O–H groups in total. The highest BCUT2D eigenvalue weighted by Crippen LogP contribution is 2.19. The van der Waals surface area contributed by atoms with Crippen molar-refractivity contribution in [3.8, 4) is 0 Å². The van der Waals surface area contributed by atoms with E-state index in [1.807, 2.05) is 0 Å². The van der Waals surface area contributed by atoms with Crippen molar-refractivity contribution in [2.45, 2.75) is 69.9 Å². The highest BCUT2D eigenvalue weighted by Gasteiger charge is 2.40. The molecule has 21 heavy (non-hydrogen) atoms. The molecule has 0 aliphatic carbocycles. The van der Waals surface area contributed by atoms with E-state index in [-0.39, 0.29) is 13.2 Å². The summed E-state index contributed by atoms with van der Waals surface area (Å²) in [5.74, 6) is 0. The molecule has 1 rings (SSSR count). The zero-order valence-corrected chi connectivity index (χ0v) is 13.0.